The molecule has 0 radical (unpaired) electrons. The van der Waals surface area contributed by atoms with Gasteiger partial charge >= 0.3 is 0 Å². The third-order valence-corrected chi connectivity index (χ3v) is 2.42. The average Bonchev–Trinajstić information content (AvgIpc) is 2.60. The van der Waals surface area contributed by atoms with Gasteiger partial charge in [-0.05, 0) is 24.8 Å². The summed E-state index contributed by atoms with van der Waals surface area (Å²) >= 11 is 0. The van der Waals surface area contributed by atoms with Crippen molar-refractivity contribution in [3.05, 3.63) is 12.2 Å². The summed E-state index contributed by atoms with van der Waals surface area (Å²) < 4.78 is 0. The van der Waals surface area contributed by atoms with Crippen LogP contribution in [0.5, 0.6) is 0 Å². The van der Waals surface area contributed by atoms with Crippen LogP contribution in [0, 0.1) is 17.4 Å². The fraction of sp³-hybridized carbons (Fsp3) is 0.600. The van der Waals surface area contributed by atoms with Crippen LogP contribution in [-0.2, 0) is 0 Å². The molecular formula is C10H16Si. The molecule has 0 unspecified atom stereocenters. The van der Waals surface area contributed by atoms with E-state index in [4.69, 9.17) is 0 Å². The van der Waals surface area contributed by atoms with Crippen LogP contribution < -0.4 is 0 Å². The Kier molecular flexibility index (Phi) is 2.56. The minimum Gasteiger partial charge on any atom is -0.127 e. The Bertz CT molecular complexity index is 205. The minimum atomic E-state index is -1.12. The third-order valence-electron chi connectivity index (χ3n) is 1.52. The minimum absolute atomic E-state index is 0.867. The summed E-state index contributed by atoms with van der Waals surface area (Å²) in [7, 11) is -1.12. The molecule has 0 bridgehead atoms. The zero-order valence-electron chi connectivity index (χ0n) is 7.65. The molecular weight excluding hydrogens is 148 g/mol. The lowest BCUT2D eigenvalue weighted by Crippen LogP contribution is -2.16. The van der Waals surface area contributed by atoms with E-state index in [2.05, 4.69) is 37.2 Å². The zero-order valence-corrected chi connectivity index (χ0v) is 8.65. The van der Waals surface area contributed by atoms with Crippen LogP contribution in [0.4, 0.5) is 0 Å². The predicted octanol–water partition coefficient (Wildman–Crippen LogP) is 2.83. The van der Waals surface area contributed by atoms with Crippen LogP contribution in [0.1, 0.15) is 12.8 Å². The molecule has 0 saturated heterocycles. The van der Waals surface area contributed by atoms with E-state index in [0.29, 0.717) is 0 Å². The molecule has 1 aliphatic rings. The largest absolute Gasteiger partial charge is 0.129 e. The van der Waals surface area contributed by atoms with Crippen LogP contribution in [-0.4, -0.2) is 8.07 Å². The van der Waals surface area contributed by atoms with E-state index >= 15 is 0 Å². The maximum absolute atomic E-state index is 3.31. The van der Waals surface area contributed by atoms with Gasteiger partial charge in [-0.1, -0.05) is 31.6 Å². The normalized spacial score (nSPS) is 18.1. The van der Waals surface area contributed by atoms with Gasteiger partial charge in [0.25, 0.3) is 0 Å². The number of allylic oxidation sites excluding steroid dienone is 2. The Morgan fingerprint density at radius 1 is 1.27 bits per heavy atom. The van der Waals surface area contributed by atoms with Crippen molar-refractivity contribution >= 4 is 8.07 Å². The summed E-state index contributed by atoms with van der Waals surface area (Å²) in [5, 5.41) is 0. The van der Waals surface area contributed by atoms with E-state index in [1.807, 2.05) is 6.08 Å². The van der Waals surface area contributed by atoms with Gasteiger partial charge in [-0.15, -0.1) is 5.54 Å². The molecule has 0 aliphatic heterocycles. The van der Waals surface area contributed by atoms with Crippen molar-refractivity contribution in [3.63, 3.8) is 0 Å². The first-order chi connectivity index (χ1) is 5.08. The quantitative estimate of drug-likeness (QED) is 0.413. The number of hydrogen-bond donors (Lipinski definition) is 0. The van der Waals surface area contributed by atoms with Crippen molar-refractivity contribution in [3.8, 4) is 11.5 Å². The molecule has 1 rings (SSSR count). The Morgan fingerprint density at radius 2 is 1.91 bits per heavy atom. The maximum atomic E-state index is 3.31. The molecule has 1 saturated carbocycles. The van der Waals surface area contributed by atoms with Gasteiger partial charge < -0.3 is 0 Å². The first kappa shape index (κ1) is 8.61. The lowest BCUT2D eigenvalue weighted by molar-refractivity contribution is 1.13. The second-order valence-corrected chi connectivity index (χ2v) is 8.97. The summed E-state index contributed by atoms with van der Waals surface area (Å²) in [6.07, 6.45) is 7.04. The van der Waals surface area contributed by atoms with Crippen LogP contribution in [0.15, 0.2) is 12.2 Å². The molecule has 0 spiro atoms. The van der Waals surface area contributed by atoms with E-state index < -0.39 is 8.07 Å². The highest BCUT2D eigenvalue weighted by molar-refractivity contribution is 6.83. The first-order valence-corrected chi connectivity index (χ1v) is 7.77. The highest BCUT2D eigenvalue weighted by atomic mass is 28.3. The van der Waals surface area contributed by atoms with E-state index in [1.54, 1.807) is 0 Å². The molecule has 0 amide bonds. The lowest BCUT2D eigenvalue weighted by Gasteiger charge is -2.01. The molecule has 0 aromatic rings. The van der Waals surface area contributed by atoms with Crippen LogP contribution in [0.25, 0.3) is 0 Å². The maximum Gasteiger partial charge on any atom is 0.129 e. The second kappa shape index (κ2) is 3.28. The van der Waals surface area contributed by atoms with Gasteiger partial charge in [-0.3, -0.25) is 0 Å². The molecule has 0 N–H and O–H groups in total. The van der Waals surface area contributed by atoms with Gasteiger partial charge in [0.15, 0.2) is 0 Å². The van der Waals surface area contributed by atoms with Crippen LogP contribution >= 0.6 is 0 Å². The molecule has 0 aromatic heterocycles. The van der Waals surface area contributed by atoms with Crippen molar-refractivity contribution in [2.45, 2.75) is 32.5 Å². The number of hydrogen-bond acceptors (Lipinski definition) is 0. The highest BCUT2D eigenvalue weighted by Crippen LogP contribution is 2.29. The smallest absolute Gasteiger partial charge is 0.127 e. The van der Waals surface area contributed by atoms with Crippen molar-refractivity contribution in [2.75, 3.05) is 0 Å². The van der Waals surface area contributed by atoms with Gasteiger partial charge in [0.05, 0.1) is 0 Å². The molecule has 0 nitrogen and oxygen atoms in total. The van der Waals surface area contributed by atoms with E-state index in [9.17, 15) is 0 Å². The molecule has 1 heteroatoms. The van der Waals surface area contributed by atoms with Crippen molar-refractivity contribution in [1.29, 1.82) is 0 Å². The van der Waals surface area contributed by atoms with Gasteiger partial charge in [0, 0.05) is 0 Å². The van der Waals surface area contributed by atoms with E-state index in [1.165, 1.54) is 12.8 Å². The molecule has 11 heavy (non-hydrogen) atoms. The van der Waals surface area contributed by atoms with Crippen molar-refractivity contribution < 1.29 is 0 Å². The topological polar surface area (TPSA) is 0 Å². The molecule has 1 aliphatic carbocycles. The summed E-state index contributed by atoms with van der Waals surface area (Å²) in [4.78, 5) is 0. The Morgan fingerprint density at radius 3 is 2.36 bits per heavy atom. The van der Waals surface area contributed by atoms with Gasteiger partial charge in [-0.2, -0.15) is 0 Å². The molecule has 0 atom stereocenters. The fourth-order valence-electron chi connectivity index (χ4n) is 0.731. The van der Waals surface area contributed by atoms with Crippen molar-refractivity contribution in [2.24, 2.45) is 5.92 Å². The summed E-state index contributed by atoms with van der Waals surface area (Å²) in [6, 6.07) is 0. The zero-order chi connectivity index (χ0) is 8.32. The van der Waals surface area contributed by atoms with Crippen LogP contribution in [0.2, 0.25) is 19.6 Å². The van der Waals surface area contributed by atoms with E-state index in [-0.39, 0.29) is 0 Å². The molecule has 60 valence electrons. The number of rotatable bonds is 1. The average molecular weight is 164 g/mol. The SMILES string of the molecule is C[Si](C)(C)C#C/C=C\C1CC1. The summed E-state index contributed by atoms with van der Waals surface area (Å²) in [6.45, 7) is 6.81. The Balaban J connectivity index is 2.31. The molecule has 1 fully saturated rings. The van der Waals surface area contributed by atoms with E-state index in [0.717, 1.165) is 5.92 Å². The highest BCUT2D eigenvalue weighted by Gasteiger charge is 2.16. The predicted molar refractivity (Wildman–Crippen MR) is 53.0 cm³/mol. The van der Waals surface area contributed by atoms with Crippen LogP contribution in [0.3, 0.4) is 0 Å². The van der Waals surface area contributed by atoms with Gasteiger partial charge in [-0.25, -0.2) is 0 Å². The lowest BCUT2D eigenvalue weighted by atomic mass is 10.4. The summed E-state index contributed by atoms with van der Waals surface area (Å²) in [5.41, 5.74) is 3.31. The molecule has 0 heterocycles. The van der Waals surface area contributed by atoms with Crippen molar-refractivity contribution in [1.82, 2.24) is 0 Å². The standard InChI is InChI=1S/C10H16Si/c1-11(2,3)9-5-4-6-10-7-8-10/h4,6,10H,7-8H2,1-3H3/b6-4-. The summed E-state index contributed by atoms with van der Waals surface area (Å²) in [5.74, 6) is 3.99. The fourth-order valence-corrected chi connectivity index (χ4v) is 1.25. The first-order valence-electron chi connectivity index (χ1n) is 4.27. The molecule has 0 aromatic carbocycles. The third kappa shape index (κ3) is 4.86. The van der Waals surface area contributed by atoms with Gasteiger partial charge in [0.1, 0.15) is 8.07 Å². The Hall–Kier alpha value is -0.483. The van der Waals surface area contributed by atoms with Gasteiger partial charge in [0.2, 0.25) is 0 Å². The second-order valence-electron chi connectivity index (χ2n) is 4.22. The monoisotopic (exact) mass is 164 g/mol. The Labute approximate surface area is 70.7 Å².